The molecule has 6 nitrogen and oxygen atoms in total. The number of hydrogen-bond donors (Lipinski definition) is 0. The van der Waals surface area contributed by atoms with Crippen LogP contribution in [-0.4, -0.2) is 48.0 Å². The Labute approximate surface area is 181 Å². The normalized spacial score (nSPS) is 36.6. The highest BCUT2D eigenvalue weighted by Gasteiger charge is 2.50. The van der Waals surface area contributed by atoms with Crippen LogP contribution in [0.1, 0.15) is 58.8 Å². The summed E-state index contributed by atoms with van der Waals surface area (Å²) in [6.45, 7) is 5.90. The second-order valence-electron chi connectivity index (χ2n) is 9.01. The van der Waals surface area contributed by atoms with E-state index in [1.807, 2.05) is 6.92 Å². The lowest BCUT2D eigenvalue weighted by Crippen LogP contribution is -2.53. The van der Waals surface area contributed by atoms with Crippen molar-refractivity contribution in [1.82, 2.24) is 4.90 Å². The van der Waals surface area contributed by atoms with Crippen LogP contribution in [0.5, 0.6) is 0 Å². The second-order valence-corrected chi connectivity index (χ2v) is 9.01. The smallest absolute Gasteiger partial charge is 0.392 e. The summed E-state index contributed by atoms with van der Waals surface area (Å²) >= 11 is 0. The number of halogens is 3. The van der Waals surface area contributed by atoms with E-state index in [1.165, 1.54) is 0 Å². The van der Waals surface area contributed by atoms with Crippen LogP contribution in [-0.2, 0) is 9.47 Å². The lowest BCUT2D eigenvalue weighted by atomic mass is 9.72. The highest BCUT2D eigenvalue weighted by atomic mass is 19.4. The molecule has 1 fully saturated rings. The Morgan fingerprint density at radius 1 is 1.19 bits per heavy atom. The van der Waals surface area contributed by atoms with Crippen molar-refractivity contribution in [1.29, 1.82) is 0 Å². The third kappa shape index (κ3) is 5.61. The molecule has 2 aliphatic heterocycles. The third-order valence-electron chi connectivity index (χ3n) is 6.97. The quantitative estimate of drug-likeness (QED) is 0.335. The first kappa shape index (κ1) is 24.0. The van der Waals surface area contributed by atoms with Gasteiger partial charge in [-0.1, -0.05) is 25.0 Å². The van der Waals surface area contributed by atoms with Gasteiger partial charge in [-0.05, 0) is 32.6 Å². The largest absolute Gasteiger partial charge is 0.471 e. The van der Waals surface area contributed by atoms with Crippen molar-refractivity contribution in [2.75, 3.05) is 26.3 Å². The summed E-state index contributed by atoms with van der Waals surface area (Å²) < 4.78 is 53.1. The maximum atomic E-state index is 13.8. The predicted molar refractivity (Wildman–Crippen MR) is 110 cm³/mol. The van der Waals surface area contributed by atoms with Crippen molar-refractivity contribution in [3.63, 3.8) is 0 Å². The maximum absolute atomic E-state index is 13.8. The van der Waals surface area contributed by atoms with Crippen molar-refractivity contribution in [3.8, 4) is 0 Å². The van der Waals surface area contributed by atoms with Gasteiger partial charge in [-0.3, -0.25) is 15.0 Å². The third-order valence-corrected chi connectivity index (χ3v) is 6.97. The minimum Gasteiger partial charge on any atom is -0.471 e. The molecule has 3 rings (SSSR count). The van der Waals surface area contributed by atoms with Crippen molar-refractivity contribution in [3.05, 3.63) is 33.7 Å². The van der Waals surface area contributed by atoms with Crippen LogP contribution < -0.4 is 0 Å². The molecule has 1 saturated heterocycles. The molecular weight excluding hydrogens is 413 g/mol. The Bertz CT molecular complexity index is 703. The monoisotopic (exact) mass is 446 g/mol. The van der Waals surface area contributed by atoms with E-state index in [0.29, 0.717) is 52.0 Å². The molecule has 4 unspecified atom stereocenters. The van der Waals surface area contributed by atoms with E-state index < -0.39 is 34.6 Å². The number of nitro groups is 1. The Balaban J connectivity index is 2.00. The molecule has 176 valence electrons. The average molecular weight is 447 g/mol. The number of allylic oxidation sites excluding steroid dienone is 4. The minimum absolute atomic E-state index is 0.0302. The molecule has 9 heteroatoms. The summed E-state index contributed by atoms with van der Waals surface area (Å²) in [5.41, 5.74) is -0.949. The summed E-state index contributed by atoms with van der Waals surface area (Å²) in [7, 11) is 0. The summed E-state index contributed by atoms with van der Waals surface area (Å²) in [5.74, 6) is -3.21. The lowest BCUT2D eigenvalue weighted by Gasteiger charge is -2.44. The summed E-state index contributed by atoms with van der Waals surface area (Å²) in [6.07, 6.45) is 2.58. The molecule has 4 atom stereocenters. The van der Waals surface area contributed by atoms with Crippen LogP contribution in [0.15, 0.2) is 23.6 Å². The molecule has 0 aromatic heterocycles. The Morgan fingerprint density at radius 2 is 1.90 bits per heavy atom. The lowest BCUT2D eigenvalue weighted by molar-refractivity contribution is -0.440. The zero-order valence-corrected chi connectivity index (χ0v) is 18.3. The molecule has 2 heterocycles. The van der Waals surface area contributed by atoms with Gasteiger partial charge in [0, 0.05) is 32.4 Å². The molecular formula is C22H33F3N2O4. The van der Waals surface area contributed by atoms with Crippen molar-refractivity contribution >= 4 is 0 Å². The van der Waals surface area contributed by atoms with Crippen LogP contribution >= 0.6 is 0 Å². The first-order valence-electron chi connectivity index (χ1n) is 11.2. The summed E-state index contributed by atoms with van der Waals surface area (Å²) in [5, 5.41) is 12.2. The van der Waals surface area contributed by atoms with Gasteiger partial charge >= 0.3 is 6.18 Å². The van der Waals surface area contributed by atoms with Crippen molar-refractivity contribution in [2.24, 2.45) is 17.8 Å². The molecule has 0 amide bonds. The van der Waals surface area contributed by atoms with Crippen LogP contribution in [0.25, 0.3) is 0 Å². The fourth-order valence-electron chi connectivity index (χ4n) is 5.37. The SMILES string of the molecule is C/C1=C(\[N+](=O)[O-])C(C2C=CCCC2C(F)(F)F)CCCCCC(C)(N2CCOCC2)O1. The van der Waals surface area contributed by atoms with E-state index in [0.717, 1.165) is 12.8 Å². The van der Waals surface area contributed by atoms with Gasteiger partial charge in [0.05, 0.1) is 30.0 Å². The number of ether oxygens (including phenoxy) is 2. The van der Waals surface area contributed by atoms with E-state index in [9.17, 15) is 23.3 Å². The number of alkyl halides is 3. The highest BCUT2D eigenvalue weighted by molar-refractivity contribution is 5.13. The van der Waals surface area contributed by atoms with Gasteiger partial charge in [0.15, 0.2) is 11.5 Å². The molecule has 3 aliphatic rings. The van der Waals surface area contributed by atoms with Crippen LogP contribution in [0.3, 0.4) is 0 Å². The Hall–Kier alpha value is -1.61. The second kappa shape index (κ2) is 9.90. The topological polar surface area (TPSA) is 64.8 Å². The van der Waals surface area contributed by atoms with E-state index >= 15 is 0 Å². The summed E-state index contributed by atoms with van der Waals surface area (Å²) in [6, 6.07) is 0. The number of rotatable bonds is 3. The standard InChI is InChI=1S/C22H33F3N2O4/c1-16-20(27(28)29)18(17-8-5-6-10-19(17)22(23,24)25)9-4-3-7-11-21(2,31-16)26-12-14-30-15-13-26/h5,8,17-19H,3-4,6-7,9-15H2,1-2H3/b20-16+. The van der Waals surface area contributed by atoms with Gasteiger partial charge in [-0.25, -0.2) is 0 Å². The predicted octanol–water partition coefficient (Wildman–Crippen LogP) is 5.28. The first-order valence-corrected chi connectivity index (χ1v) is 11.2. The fraction of sp³-hybridized carbons (Fsp3) is 0.818. The first-order chi connectivity index (χ1) is 14.6. The van der Waals surface area contributed by atoms with Gasteiger partial charge in [0.25, 0.3) is 5.70 Å². The van der Waals surface area contributed by atoms with E-state index in [4.69, 9.17) is 9.47 Å². The van der Waals surface area contributed by atoms with Crippen LogP contribution in [0, 0.1) is 27.9 Å². The van der Waals surface area contributed by atoms with Crippen LogP contribution in [0.4, 0.5) is 13.2 Å². The zero-order valence-electron chi connectivity index (χ0n) is 18.3. The summed E-state index contributed by atoms with van der Waals surface area (Å²) in [4.78, 5) is 13.8. The highest BCUT2D eigenvalue weighted by Crippen LogP contribution is 2.46. The fourth-order valence-corrected chi connectivity index (χ4v) is 5.37. The van der Waals surface area contributed by atoms with Crippen molar-refractivity contribution in [2.45, 2.75) is 70.7 Å². The van der Waals surface area contributed by atoms with E-state index in [1.54, 1.807) is 19.1 Å². The Morgan fingerprint density at radius 3 is 2.55 bits per heavy atom. The molecule has 0 saturated carbocycles. The molecule has 0 aromatic rings. The maximum Gasteiger partial charge on any atom is 0.392 e. The van der Waals surface area contributed by atoms with Gasteiger partial charge in [0.2, 0.25) is 0 Å². The number of nitrogens with zero attached hydrogens (tertiary/aromatic N) is 2. The molecule has 0 radical (unpaired) electrons. The van der Waals surface area contributed by atoms with Gasteiger partial charge < -0.3 is 9.47 Å². The molecule has 0 spiro atoms. The number of hydrogen-bond acceptors (Lipinski definition) is 5. The molecule has 0 N–H and O–H groups in total. The molecule has 31 heavy (non-hydrogen) atoms. The van der Waals surface area contributed by atoms with E-state index in [-0.39, 0.29) is 17.9 Å². The average Bonchev–Trinajstić information content (AvgIpc) is 2.72. The van der Waals surface area contributed by atoms with E-state index in [2.05, 4.69) is 4.90 Å². The Kier molecular flexibility index (Phi) is 7.68. The minimum atomic E-state index is -4.39. The molecule has 0 bridgehead atoms. The molecule has 1 aliphatic carbocycles. The van der Waals surface area contributed by atoms with Gasteiger partial charge in [0.1, 0.15) is 0 Å². The number of morpholine rings is 1. The van der Waals surface area contributed by atoms with Gasteiger partial charge in [-0.2, -0.15) is 13.2 Å². The zero-order chi connectivity index (χ0) is 22.6. The van der Waals surface area contributed by atoms with Crippen molar-refractivity contribution < 1.29 is 27.6 Å². The van der Waals surface area contributed by atoms with Crippen LogP contribution in [0.2, 0.25) is 0 Å². The van der Waals surface area contributed by atoms with Gasteiger partial charge in [-0.15, -0.1) is 0 Å². The molecule has 0 aromatic carbocycles.